The number of hydrogen-bond acceptors (Lipinski definition) is 1. The molecule has 2 aromatic carbocycles. The van der Waals surface area contributed by atoms with E-state index in [1.54, 1.807) is 0 Å². The first-order chi connectivity index (χ1) is 8.59. The van der Waals surface area contributed by atoms with Gasteiger partial charge in [0.25, 0.3) is 0 Å². The van der Waals surface area contributed by atoms with Gasteiger partial charge in [0.05, 0.1) is 6.10 Å². The van der Waals surface area contributed by atoms with E-state index in [1.807, 2.05) is 24.3 Å². The molecule has 0 fully saturated rings. The van der Waals surface area contributed by atoms with Gasteiger partial charge in [-0.3, -0.25) is 0 Å². The average molecular weight is 240 g/mol. The van der Waals surface area contributed by atoms with Crippen molar-refractivity contribution in [2.45, 2.75) is 32.8 Å². The van der Waals surface area contributed by atoms with Gasteiger partial charge in [0.1, 0.15) is 0 Å². The summed E-state index contributed by atoms with van der Waals surface area (Å²) in [5.41, 5.74) is 4.59. The maximum atomic E-state index is 10.5. The molecule has 0 aliphatic heterocycles. The van der Waals surface area contributed by atoms with Crippen molar-refractivity contribution in [2.75, 3.05) is 0 Å². The molecule has 0 aliphatic carbocycles. The number of hydrogen-bond donors (Lipinski definition) is 1. The lowest BCUT2D eigenvalue weighted by atomic mass is 9.88. The maximum absolute atomic E-state index is 10.5. The minimum Gasteiger partial charge on any atom is -0.388 e. The summed E-state index contributed by atoms with van der Waals surface area (Å²) in [4.78, 5) is 0. The molecule has 0 bridgehead atoms. The summed E-state index contributed by atoms with van der Waals surface area (Å²) in [5, 5.41) is 10.5. The topological polar surface area (TPSA) is 20.2 Å². The summed E-state index contributed by atoms with van der Waals surface area (Å²) in [5.74, 6) is 0.104. The van der Waals surface area contributed by atoms with Crippen molar-refractivity contribution in [3.63, 3.8) is 0 Å². The van der Waals surface area contributed by atoms with E-state index >= 15 is 0 Å². The van der Waals surface area contributed by atoms with Crippen molar-refractivity contribution >= 4 is 0 Å². The first-order valence-electron chi connectivity index (χ1n) is 6.39. The summed E-state index contributed by atoms with van der Waals surface area (Å²) < 4.78 is 0. The van der Waals surface area contributed by atoms with E-state index in [0.29, 0.717) is 0 Å². The summed E-state index contributed by atoms with van der Waals surface area (Å²) in [7, 11) is 0. The molecule has 0 saturated heterocycles. The van der Waals surface area contributed by atoms with Crippen LogP contribution in [0.1, 0.15) is 41.2 Å². The van der Waals surface area contributed by atoms with Gasteiger partial charge in [-0.2, -0.15) is 0 Å². The predicted molar refractivity (Wildman–Crippen MR) is 75.7 cm³/mol. The first-order valence-corrected chi connectivity index (χ1v) is 6.39. The smallest absolute Gasteiger partial charge is 0.0858 e. The predicted octanol–water partition coefficient (Wildman–Crippen LogP) is 4.14. The maximum Gasteiger partial charge on any atom is 0.0858 e. The lowest BCUT2D eigenvalue weighted by molar-refractivity contribution is 0.151. The van der Waals surface area contributed by atoms with Gasteiger partial charge in [-0.1, -0.05) is 61.0 Å². The molecule has 1 N–H and O–H groups in total. The number of rotatable bonds is 3. The molecule has 2 unspecified atom stereocenters. The molecule has 0 saturated carbocycles. The number of aryl methyl sites for hydroxylation is 2. The van der Waals surface area contributed by atoms with Crippen LogP contribution in [0.25, 0.3) is 0 Å². The minimum atomic E-state index is -0.451. The molecule has 2 atom stereocenters. The summed E-state index contributed by atoms with van der Waals surface area (Å²) >= 11 is 0. The summed E-state index contributed by atoms with van der Waals surface area (Å²) in [6.45, 7) is 6.20. The Bertz CT molecular complexity index is 516. The molecule has 0 spiro atoms. The molecule has 2 rings (SSSR count). The highest BCUT2D eigenvalue weighted by Gasteiger charge is 2.19. The number of aliphatic hydroxyl groups is 1. The molecule has 0 aliphatic rings. The van der Waals surface area contributed by atoms with Crippen LogP contribution in [-0.4, -0.2) is 5.11 Å². The van der Waals surface area contributed by atoms with Gasteiger partial charge in [0.2, 0.25) is 0 Å². The fraction of sp³-hybridized carbons (Fsp3) is 0.294. The van der Waals surface area contributed by atoms with Crippen LogP contribution < -0.4 is 0 Å². The van der Waals surface area contributed by atoms with Crippen LogP contribution in [0, 0.1) is 13.8 Å². The summed E-state index contributed by atoms with van der Waals surface area (Å²) in [6.07, 6.45) is -0.451. The van der Waals surface area contributed by atoms with Crippen LogP contribution in [0.3, 0.4) is 0 Å². The normalized spacial score (nSPS) is 14.2. The Morgan fingerprint density at radius 3 is 2.22 bits per heavy atom. The van der Waals surface area contributed by atoms with E-state index in [1.165, 1.54) is 11.1 Å². The molecule has 94 valence electrons. The monoisotopic (exact) mass is 240 g/mol. The quantitative estimate of drug-likeness (QED) is 0.854. The standard InChI is InChI=1S/C17H20O/c1-12-9-10-16(13(2)11-12)17(18)14(3)15-7-5-4-6-8-15/h4-11,14,17-18H,1-3H3. The average Bonchev–Trinajstić information content (AvgIpc) is 2.38. The van der Waals surface area contributed by atoms with Crippen molar-refractivity contribution in [3.8, 4) is 0 Å². The Morgan fingerprint density at radius 2 is 1.61 bits per heavy atom. The van der Waals surface area contributed by atoms with Crippen LogP contribution in [-0.2, 0) is 0 Å². The Labute approximate surface area is 109 Å². The van der Waals surface area contributed by atoms with Crippen molar-refractivity contribution in [2.24, 2.45) is 0 Å². The van der Waals surface area contributed by atoms with E-state index in [0.717, 1.165) is 11.1 Å². The second-order valence-corrected chi connectivity index (χ2v) is 5.00. The molecule has 1 nitrogen and oxygen atoms in total. The van der Waals surface area contributed by atoms with Crippen LogP contribution in [0.2, 0.25) is 0 Å². The van der Waals surface area contributed by atoms with Gasteiger partial charge in [-0.15, -0.1) is 0 Å². The number of benzene rings is 2. The van der Waals surface area contributed by atoms with Gasteiger partial charge in [0.15, 0.2) is 0 Å². The van der Waals surface area contributed by atoms with Gasteiger partial charge in [0, 0.05) is 5.92 Å². The molecule has 0 heterocycles. The van der Waals surface area contributed by atoms with Crippen LogP contribution in [0.5, 0.6) is 0 Å². The highest BCUT2D eigenvalue weighted by molar-refractivity contribution is 5.34. The SMILES string of the molecule is Cc1ccc(C(O)C(C)c2ccccc2)c(C)c1. The Kier molecular flexibility index (Phi) is 3.83. The Balaban J connectivity index is 2.28. The zero-order chi connectivity index (χ0) is 13.1. The molecule has 0 amide bonds. The second kappa shape index (κ2) is 5.36. The molecule has 0 aromatic heterocycles. The Morgan fingerprint density at radius 1 is 0.944 bits per heavy atom. The third-order valence-corrected chi connectivity index (χ3v) is 3.54. The van der Waals surface area contributed by atoms with E-state index in [2.05, 4.69) is 45.0 Å². The van der Waals surface area contributed by atoms with E-state index < -0.39 is 6.10 Å². The fourth-order valence-corrected chi connectivity index (χ4v) is 2.37. The van der Waals surface area contributed by atoms with Gasteiger partial charge < -0.3 is 5.11 Å². The first kappa shape index (κ1) is 12.8. The molecule has 1 heteroatoms. The third kappa shape index (κ3) is 2.62. The lowest BCUT2D eigenvalue weighted by Gasteiger charge is -2.21. The van der Waals surface area contributed by atoms with Crippen molar-refractivity contribution in [1.29, 1.82) is 0 Å². The molecule has 18 heavy (non-hydrogen) atoms. The van der Waals surface area contributed by atoms with Crippen molar-refractivity contribution < 1.29 is 5.11 Å². The lowest BCUT2D eigenvalue weighted by Crippen LogP contribution is -2.09. The van der Waals surface area contributed by atoms with E-state index in [4.69, 9.17) is 0 Å². The third-order valence-electron chi connectivity index (χ3n) is 3.54. The van der Waals surface area contributed by atoms with Crippen molar-refractivity contribution in [3.05, 3.63) is 70.8 Å². The molecule has 0 radical (unpaired) electrons. The number of aliphatic hydroxyl groups excluding tert-OH is 1. The van der Waals surface area contributed by atoms with Gasteiger partial charge in [-0.25, -0.2) is 0 Å². The molecule has 2 aromatic rings. The fourth-order valence-electron chi connectivity index (χ4n) is 2.37. The zero-order valence-electron chi connectivity index (χ0n) is 11.2. The van der Waals surface area contributed by atoms with Crippen LogP contribution in [0.4, 0.5) is 0 Å². The van der Waals surface area contributed by atoms with E-state index in [9.17, 15) is 5.11 Å². The highest BCUT2D eigenvalue weighted by Crippen LogP contribution is 2.32. The van der Waals surface area contributed by atoms with Gasteiger partial charge in [-0.05, 0) is 30.5 Å². The van der Waals surface area contributed by atoms with Gasteiger partial charge >= 0.3 is 0 Å². The Hall–Kier alpha value is -1.60. The second-order valence-electron chi connectivity index (χ2n) is 5.00. The zero-order valence-corrected chi connectivity index (χ0v) is 11.2. The minimum absolute atomic E-state index is 0.104. The largest absolute Gasteiger partial charge is 0.388 e. The van der Waals surface area contributed by atoms with Crippen LogP contribution in [0.15, 0.2) is 48.5 Å². The highest BCUT2D eigenvalue weighted by atomic mass is 16.3. The molecular formula is C17H20O. The molecular weight excluding hydrogens is 220 g/mol. The summed E-state index contributed by atoms with van der Waals surface area (Å²) in [6, 6.07) is 16.4. The van der Waals surface area contributed by atoms with Crippen LogP contribution >= 0.6 is 0 Å². The van der Waals surface area contributed by atoms with E-state index in [-0.39, 0.29) is 5.92 Å². The van der Waals surface area contributed by atoms with Crippen molar-refractivity contribution in [1.82, 2.24) is 0 Å².